The van der Waals surface area contributed by atoms with Gasteiger partial charge in [-0.25, -0.2) is 0 Å². The number of hydrogen-bond donors (Lipinski definition) is 1. The first-order valence-electron chi connectivity index (χ1n) is 13.8. The van der Waals surface area contributed by atoms with E-state index in [2.05, 4.69) is 97.2 Å². The van der Waals surface area contributed by atoms with E-state index in [4.69, 9.17) is 14.5 Å². The normalized spacial score (nSPS) is 19.4. The molecule has 196 valence electrons. The minimum Gasteiger partial charge on any atom is -0.490 e. The number of aliphatic imine (C=N–C) groups is 1. The van der Waals surface area contributed by atoms with Gasteiger partial charge in [0.05, 0.1) is 18.3 Å². The van der Waals surface area contributed by atoms with E-state index in [0.717, 1.165) is 34.7 Å². The van der Waals surface area contributed by atoms with E-state index in [1.54, 1.807) is 0 Å². The highest BCUT2D eigenvalue weighted by molar-refractivity contribution is 5.83. The second-order valence-corrected chi connectivity index (χ2v) is 10.3. The quantitative estimate of drug-likeness (QED) is 0.189. The fourth-order valence-corrected chi connectivity index (χ4v) is 5.63. The lowest BCUT2D eigenvalue weighted by molar-refractivity contribution is 0.269. The Morgan fingerprint density at radius 1 is 0.897 bits per heavy atom. The van der Waals surface area contributed by atoms with Crippen LogP contribution in [0.4, 0.5) is 11.4 Å². The number of benzene rings is 4. The second kappa shape index (κ2) is 11.2. The molecular formula is C35H34N2O2. The summed E-state index contributed by atoms with van der Waals surface area (Å²) in [4.78, 5) is 4.74. The van der Waals surface area contributed by atoms with Crippen molar-refractivity contribution in [3.63, 3.8) is 0 Å². The van der Waals surface area contributed by atoms with Crippen molar-refractivity contribution in [1.29, 1.82) is 0 Å². The zero-order valence-corrected chi connectivity index (χ0v) is 22.5. The molecule has 0 fully saturated rings. The molecule has 0 aromatic heterocycles. The average Bonchev–Trinajstić information content (AvgIpc) is 3.47. The number of aryl methyl sites for hydroxylation is 1. The zero-order valence-electron chi connectivity index (χ0n) is 22.5. The molecule has 0 saturated heterocycles. The molecule has 6 rings (SSSR count). The Balaban J connectivity index is 1.15. The van der Waals surface area contributed by atoms with Gasteiger partial charge in [0, 0.05) is 17.8 Å². The number of anilines is 1. The van der Waals surface area contributed by atoms with Crippen molar-refractivity contribution in [2.24, 2.45) is 10.9 Å². The average molecular weight is 515 g/mol. The largest absolute Gasteiger partial charge is 0.490 e. The van der Waals surface area contributed by atoms with Crippen LogP contribution in [0.3, 0.4) is 0 Å². The van der Waals surface area contributed by atoms with Crippen LogP contribution < -0.4 is 14.8 Å². The van der Waals surface area contributed by atoms with E-state index in [-0.39, 0.29) is 0 Å². The third-order valence-electron chi connectivity index (χ3n) is 7.67. The monoisotopic (exact) mass is 514 g/mol. The first kappa shape index (κ1) is 25.0. The van der Waals surface area contributed by atoms with Crippen molar-refractivity contribution in [1.82, 2.24) is 0 Å². The summed E-state index contributed by atoms with van der Waals surface area (Å²) in [5.41, 5.74) is 8.22. The molecule has 4 aromatic rings. The van der Waals surface area contributed by atoms with Gasteiger partial charge in [-0.1, -0.05) is 72.3 Å². The summed E-state index contributed by atoms with van der Waals surface area (Å²) < 4.78 is 12.0. The van der Waals surface area contributed by atoms with E-state index >= 15 is 0 Å². The van der Waals surface area contributed by atoms with E-state index in [1.807, 2.05) is 31.3 Å². The first-order chi connectivity index (χ1) is 19.2. The van der Waals surface area contributed by atoms with Crippen LogP contribution in [0.5, 0.6) is 11.5 Å². The maximum absolute atomic E-state index is 6.08. The molecule has 4 nitrogen and oxygen atoms in total. The first-order valence-corrected chi connectivity index (χ1v) is 13.8. The van der Waals surface area contributed by atoms with Crippen molar-refractivity contribution >= 4 is 17.6 Å². The molecular weight excluding hydrogens is 480 g/mol. The molecule has 0 radical (unpaired) electrons. The smallest absolute Gasteiger partial charge is 0.161 e. The highest BCUT2D eigenvalue weighted by Crippen LogP contribution is 2.49. The number of rotatable bonds is 8. The molecule has 0 saturated carbocycles. The molecule has 1 N–H and O–H groups in total. The van der Waals surface area contributed by atoms with Crippen LogP contribution in [0.1, 0.15) is 53.1 Å². The maximum atomic E-state index is 6.08. The van der Waals surface area contributed by atoms with Crippen molar-refractivity contribution < 1.29 is 9.47 Å². The molecule has 0 amide bonds. The molecule has 1 aliphatic carbocycles. The molecule has 4 heteroatoms. The summed E-state index contributed by atoms with van der Waals surface area (Å²) in [5, 5.41) is 3.80. The van der Waals surface area contributed by atoms with Crippen LogP contribution in [-0.2, 0) is 6.61 Å². The zero-order chi connectivity index (χ0) is 26.6. The molecule has 0 unspecified atom stereocenters. The molecule has 4 aromatic carbocycles. The van der Waals surface area contributed by atoms with Crippen LogP contribution in [0.2, 0.25) is 0 Å². The number of nitrogens with one attached hydrogen (secondary N) is 1. The second-order valence-electron chi connectivity index (χ2n) is 10.3. The van der Waals surface area contributed by atoms with Crippen molar-refractivity contribution in [3.05, 3.63) is 131 Å². The summed E-state index contributed by atoms with van der Waals surface area (Å²) in [6.07, 6.45) is 7.70. The van der Waals surface area contributed by atoms with Gasteiger partial charge in [0.1, 0.15) is 6.61 Å². The fraction of sp³-hybridized carbons (Fsp3) is 0.229. The maximum Gasteiger partial charge on any atom is 0.161 e. The van der Waals surface area contributed by atoms with Gasteiger partial charge in [-0.05, 0) is 84.8 Å². The SMILES string of the molecule is CCOc1cc(C=Nc2ccc([C@@H]3Nc4ccccc4[C@H]4C=CC[C@@H]43)cc2)ccc1OCc1ccc(C)cc1. The highest BCUT2D eigenvalue weighted by Gasteiger charge is 2.37. The van der Waals surface area contributed by atoms with Gasteiger partial charge in [-0.15, -0.1) is 0 Å². The minimum absolute atomic E-state index is 0.291. The third kappa shape index (κ3) is 5.46. The van der Waals surface area contributed by atoms with E-state index in [0.29, 0.717) is 31.1 Å². The number of para-hydroxylation sites is 1. The Bertz CT molecular complexity index is 1490. The molecule has 2 aliphatic rings. The number of fused-ring (bicyclic) bond motifs is 3. The Morgan fingerprint density at radius 2 is 1.72 bits per heavy atom. The molecule has 0 spiro atoms. The van der Waals surface area contributed by atoms with E-state index < -0.39 is 0 Å². The Hall–Kier alpha value is -4.31. The number of allylic oxidation sites excluding steroid dienone is 2. The summed E-state index contributed by atoms with van der Waals surface area (Å²) in [6.45, 7) is 5.14. The molecule has 1 heterocycles. The predicted molar refractivity (Wildman–Crippen MR) is 160 cm³/mol. The lowest BCUT2D eigenvalue weighted by atomic mass is 9.77. The lowest BCUT2D eigenvalue weighted by Crippen LogP contribution is -2.28. The van der Waals surface area contributed by atoms with Gasteiger partial charge >= 0.3 is 0 Å². The molecule has 39 heavy (non-hydrogen) atoms. The van der Waals surface area contributed by atoms with E-state index in [9.17, 15) is 0 Å². The topological polar surface area (TPSA) is 42.8 Å². The van der Waals surface area contributed by atoms with Gasteiger partial charge in [0.25, 0.3) is 0 Å². The Morgan fingerprint density at radius 3 is 2.54 bits per heavy atom. The van der Waals surface area contributed by atoms with Crippen LogP contribution in [-0.4, -0.2) is 12.8 Å². The molecule has 3 atom stereocenters. The molecule has 0 bridgehead atoms. The van der Waals surface area contributed by atoms with Gasteiger partial charge in [-0.3, -0.25) is 4.99 Å². The Labute approximate surface area is 231 Å². The third-order valence-corrected chi connectivity index (χ3v) is 7.67. The van der Waals surface area contributed by atoms with Crippen LogP contribution >= 0.6 is 0 Å². The lowest BCUT2D eigenvalue weighted by Gasteiger charge is -2.37. The summed E-state index contributed by atoms with van der Waals surface area (Å²) >= 11 is 0. The Kier molecular flexibility index (Phi) is 7.18. The summed E-state index contributed by atoms with van der Waals surface area (Å²) in [7, 11) is 0. The van der Waals surface area contributed by atoms with Gasteiger partial charge in [-0.2, -0.15) is 0 Å². The van der Waals surface area contributed by atoms with Crippen molar-refractivity contribution in [2.45, 2.75) is 38.8 Å². The van der Waals surface area contributed by atoms with Crippen LogP contribution in [0, 0.1) is 12.8 Å². The number of nitrogens with zero attached hydrogens (tertiary/aromatic N) is 1. The van der Waals surface area contributed by atoms with Crippen molar-refractivity contribution in [3.8, 4) is 11.5 Å². The summed E-state index contributed by atoms with van der Waals surface area (Å²) in [5.74, 6) is 2.49. The minimum atomic E-state index is 0.291. The van der Waals surface area contributed by atoms with Crippen LogP contribution in [0.25, 0.3) is 0 Å². The summed E-state index contributed by atoms with van der Waals surface area (Å²) in [6, 6.07) is 32.0. The van der Waals surface area contributed by atoms with Gasteiger partial charge in [0.2, 0.25) is 0 Å². The fourth-order valence-electron chi connectivity index (χ4n) is 5.63. The molecule has 1 aliphatic heterocycles. The number of hydrogen-bond acceptors (Lipinski definition) is 4. The van der Waals surface area contributed by atoms with E-state index in [1.165, 1.54) is 22.4 Å². The van der Waals surface area contributed by atoms with Crippen LogP contribution in [0.15, 0.2) is 108 Å². The number of ether oxygens (including phenoxy) is 2. The van der Waals surface area contributed by atoms with Gasteiger partial charge < -0.3 is 14.8 Å². The predicted octanol–water partition coefficient (Wildman–Crippen LogP) is 8.55. The highest BCUT2D eigenvalue weighted by atomic mass is 16.5. The van der Waals surface area contributed by atoms with Crippen molar-refractivity contribution in [2.75, 3.05) is 11.9 Å². The standard InChI is InChI=1S/C35H34N2O2/c1-3-38-34-21-26(15-20-33(34)39-23-25-13-11-24(2)12-14-25)22-36-28-18-16-27(17-19-28)35-31-9-6-8-29(31)30-7-4-5-10-32(30)37-35/h4-8,10-22,29,31,35,37H,3,9,23H2,1-2H3/t29-,31+,35+/m1/s1. The van der Waals surface area contributed by atoms with Gasteiger partial charge in [0.15, 0.2) is 11.5 Å².